The van der Waals surface area contributed by atoms with E-state index in [-0.39, 0.29) is 0 Å². The molecule has 0 aromatic rings. The van der Waals surface area contributed by atoms with Crippen LogP contribution in [0.2, 0.25) is 0 Å². The Labute approximate surface area is 172 Å². The Morgan fingerprint density at radius 2 is 2.07 bits per heavy atom. The number of rotatable bonds is 7. The van der Waals surface area contributed by atoms with E-state index in [1.807, 2.05) is 49.1 Å². The number of hydrogen-bond acceptors (Lipinski definition) is 4. The van der Waals surface area contributed by atoms with Crippen LogP contribution in [0.3, 0.4) is 0 Å². The molecule has 1 saturated carbocycles. The Bertz CT molecular complexity index is 875. The average molecular weight is 394 g/mol. The van der Waals surface area contributed by atoms with E-state index < -0.39 is 0 Å². The highest BCUT2D eigenvalue weighted by molar-refractivity contribution is 5.97. The van der Waals surface area contributed by atoms with E-state index in [0.29, 0.717) is 17.6 Å². The number of fused-ring (bicyclic) bond motifs is 1. The van der Waals surface area contributed by atoms with Gasteiger partial charge in [-0.25, -0.2) is 4.99 Å². The molecule has 7 nitrogen and oxygen atoms in total. The highest BCUT2D eigenvalue weighted by Crippen LogP contribution is 2.29. The molecule has 1 aliphatic carbocycles. The maximum atomic E-state index is 7.76. The zero-order valence-electron chi connectivity index (χ0n) is 16.9. The van der Waals surface area contributed by atoms with Crippen molar-refractivity contribution in [2.24, 2.45) is 16.6 Å². The van der Waals surface area contributed by atoms with Gasteiger partial charge in [-0.15, -0.1) is 0 Å². The lowest BCUT2D eigenvalue weighted by molar-refractivity contribution is -0.556. The predicted molar refractivity (Wildman–Crippen MR) is 118 cm³/mol. The molecule has 0 saturated heterocycles. The van der Waals surface area contributed by atoms with Crippen molar-refractivity contribution >= 4 is 18.3 Å². The molecule has 3 rings (SSSR count). The molecule has 152 valence electrons. The van der Waals surface area contributed by atoms with E-state index in [0.717, 1.165) is 41.0 Å². The van der Waals surface area contributed by atoms with Crippen LogP contribution in [0.15, 0.2) is 75.6 Å². The third kappa shape index (κ3) is 5.20. The summed E-state index contributed by atoms with van der Waals surface area (Å²) in [6.07, 6.45) is 20.6. The van der Waals surface area contributed by atoms with Crippen LogP contribution < -0.4 is 27.1 Å². The molecule has 0 aromatic heterocycles. The summed E-state index contributed by atoms with van der Waals surface area (Å²) < 4.78 is 0. The Hall–Kier alpha value is -3.19. The van der Waals surface area contributed by atoms with Crippen LogP contribution in [0.5, 0.6) is 0 Å². The Kier molecular flexibility index (Phi) is 6.97. The van der Waals surface area contributed by atoms with Gasteiger partial charge in [0, 0.05) is 18.0 Å². The second-order valence-electron chi connectivity index (χ2n) is 7.34. The quantitative estimate of drug-likeness (QED) is 0.271. The standard InChI is InChI=1S/C22H29N7/c1-26-13-18(12-24)17-9-20-19(27-14-17)7-8-22(28-20)29-21(25)10-16(11-23)15-5-3-2-4-6-15/h7-15,23-24,26-28H,2-6H2,1H3,(H2,25,29)/p+2. The van der Waals surface area contributed by atoms with Crippen LogP contribution in [0.4, 0.5) is 0 Å². The lowest BCUT2D eigenvalue weighted by Gasteiger charge is -2.23. The van der Waals surface area contributed by atoms with E-state index >= 15 is 0 Å². The minimum absolute atomic E-state index is 0.404. The monoisotopic (exact) mass is 393 g/mol. The SMILES string of the molecule is C[NH2+]C=C(C=[NH2+])C1=CNC2=CC=C(N=C(N)C=C(C=N)C3CCCCC3)NC2=C1. The normalized spacial score (nSPS) is 20.9. The maximum Gasteiger partial charge on any atom is 0.173 e. The van der Waals surface area contributed by atoms with Crippen molar-refractivity contribution in [2.75, 3.05) is 7.05 Å². The summed E-state index contributed by atoms with van der Waals surface area (Å²) in [5.74, 6) is 1.48. The van der Waals surface area contributed by atoms with E-state index in [2.05, 4.69) is 15.6 Å². The van der Waals surface area contributed by atoms with Crippen LogP contribution in [-0.4, -0.2) is 25.3 Å². The van der Waals surface area contributed by atoms with Gasteiger partial charge in [-0.3, -0.25) is 5.41 Å². The summed E-state index contributed by atoms with van der Waals surface area (Å²) in [6, 6.07) is 0. The first kappa shape index (κ1) is 20.5. The van der Waals surface area contributed by atoms with E-state index in [1.165, 1.54) is 25.5 Å². The third-order valence-electron chi connectivity index (χ3n) is 5.31. The minimum Gasteiger partial charge on any atom is -0.384 e. The zero-order chi connectivity index (χ0) is 20.6. The average Bonchev–Trinajstić information content (AvgIpc) is 2.76. The Morgan fingerprint density at radius 1 is 1.28 bits per heavy atom. The molecule has 0 atom stereocenters. The smallest absolute Gasteiger partial charge is 0.173 e. The zero-order valence-corrected chi connectivity index (χ0v) is 16.9. The highest BCUT2D eigenvalue weighted by atomic mass is 15.1. The van der Waals surface area contributed by atoms with Crippen molar-refractivity contribution in [1.29, 1.82) is 5.41 Å². The van der Waals surface area contributed by atoms with E-state index in [4.69, 9.17) is 16.6 Å². The molecule has 0 bridgehead atoms. The molecule has 3 aliphatic rings. The maximum absolute atomic E-state index is 7.76. The molecule has 9 N–H and O–H groups in total. The van der Waals surface area contributed by atoms with Crippen molar-refractivity contribution in [3.05, 3.63) is 70.6 Å². The fraction of sp³-hybridized carbons (Fsp3) is 0.318. The molecular weight excluding hydrogens is 362 g/mol. The van der Waals surface area contributed by atoms with Crippen molar-refractivity contribution in [3.8, 4) is 0 Å². The van der Waals surface area contributed by atoms with Gasteiger partial charge in [0.05, 0.1) is 24.0 Å². The van der Waals surface area contributed by atoms with Gasteiger partial charge in [0.1, 0.15) is 17.9 Å². The molecule has 0 radical (unpaired) electrons. The number of aliphatic imine (C=N–C) groups is 1. The molecule has 7 heteroatoms. The summed E-state index contributed by atoms with van der Waals surface area (Å²) >= 11 is 0. The molecule has 0 aromatic carbocycles. The number of nitrogens with two attached hydrogens (primary N) is 3. The van der Waals surface area contributed by atoms with Crippen LogP contribution in [0, 0.1) is 11.3 Å². The van der Waals surface area contributed by atoms with Gasteiger partial charge < -0.3 is 27.1 Å². The number of quaternary nitrogens is 1. The van der Waals surface area contributed by atoms with Crippen LogP contribution >= 0.6 is 0 Å². The summed E-state index contributed by atoms with van der Waals surface area (Å²) in [4.78, 5) is 4.51. The lowest BCUT2D eigenvalue weighted by atomic mass is 9.84. The van der Waals surface area contributed by atoms with Crippen molar-refractivity contribution in [1.82, 2.24) is 10.6 Å². The predicted octanol–water partition coefficient (Wildman–Crippen LogP) is 0.106. The molecular formula is C22H31N7+2. The molecule has 0 unspecified atom stereocenters. The topological polar surface area (TPSA) is 128 Å². The molecule has 2 aliphatic heterocycles. The van der Waals surface area contributed by atoms with Gasteiger partial charge in [-0.2, -0.15) is 0 Å². The largest absolute Gasteiger partial charge is 0.384 e. The van der Waals surface area contributed by atoms with Crippen LogP contribution in [-0.2, 0) is 0 Å². The first-order valence-corrected chi connectivity index (χ1v) is 10.1. The Balaban J connectivity index is 1.76. The summed E-state index contributed by atoms with van der Waals surface area (Å²) in [6.45, 7) is 0. The van der Waals surface area contributed by atoms with Crippen LogP contribution in [0.25, 0.3) is 0 Å². The van der Waals surface area contributed by atoms with Crippen molar-refractivity contribution in [2.45, 2.75) is 32.1 Å². The van der Waals surface area contributed by atoms with Gasteiger partial charge in [0.15, 0.2) is 6.21 Å². The summed E-state index contributed by atoms with van der Waals surface area (Å²) in [5, 5.41) is 22.0. The lowest BCUT2D eigenvalue weighted by Crippen LogP contribution is -2.73. The number of nitrogens with one attached hydrogen (secondary N) is 3. The number of allylic oxidation sites excluding steroid dienone is 6. The van der Waals surface area contributed by atoms with Crippen molar-refractivity contribution < 1.29 is 10.7 Å². The molecule has 2 heterocycles. The first-order chi connectivity index (χ1) is 14.1. The number of hydrogen-bond donors (Lipinski definition) is 6. The first-order valence-electron chi connectivity index (χ1n) is 10.1. The fourth-order valence-electron chi connectivity index (χ4n) is 3.81. The molecule has 1 fully saturated rings. The summed E-state index contributed by atoms with van der Waals surface area (Å²) in [7, 11) is 1.96. The number of nitrogens with zero attached hydrogens (tertiary/aromatic N) is 1. The second-order valence-corrected chi connectivity index (χ2v) is 7.34. The fourth-order valence-corrected chi connectivity index (χ4v) is 3.81. The molecule has 29 heavy (non-hydrogen) atoms. The van der Waals surface area contributed by atoms with Gasteiger partial charge >= 0.3 is 0 Å². The summed E-state index contributed by atoms with van der Waals surface area (Å²) in [5.41, 5.74) is 10.9. The highest BCUT2D eigenvalue weighted by Gasteiger charge is 2.19. The minimum atomic E-state index is 0.404. The van der Waals surface area contributed by atoms with E-state index in [9.17, 15) is 0 Å². The number of amidine groups is 1. The van der Waals surface area contributed by atoms with E-state index in [1.54, 1.807) is 6.21 Å². The second kappa shape index (κ2) is 9.84. The van der Waals surface area contributed by atoms with Gasteiger partial charge in [0.25, 0.3) is 0 Å². The molecule has 0 spiro atoms. The molecule has 0 amide bonds. The van der Waals surface area contributed by atoms with Crippen molar-refractivity contribution in [3.63, 3.8) is 0 Å². The number of dihydropyridines is 2. The Morgan fingerprint density at radius 3 is 2.76 bits per heavy atom. The van der Waals surface area contributed by atoms with Gasteiger partial charge in [-0.05, 0) is 48.6 Å². The van der Waals surface area contributed by atoms with Crippen LogP contribution in [0.1, 0.15) is 32.1 Å². The third-order valence-corrected chi connectivity index (χ3v) is 5.31. The van der Waals surface area contributed by atoms with Gasteiger partial charge in [0.2, 0.25) is 0 Å². The van der Waals surface area contributed by atoms with Gasteiger partial charge in [-0.1, -0.05) is 19.3 Å².